The number of anilines is 1. The lowest BCUT2D eigenvalue weighted by atomic mass is 9.96. The number of rotatable bonds is 3. The number of fused-ring (bicyclic) bond motifs is 1. The van der Waals surface area contributed by atoms with Crippen molar-refractivity contribution < 1.29 is 0 Å². The minimum absolute atomic E-state index is 0.782. The van der Waals surface area contributed by atoms with Crippen LogP contribution in [0.2, 0.25) is 0 Å². The number of aryl methyl sites for hydroxylation is 2. The van der Waals surface area contributed by atoms with Crippen LogP contribution in [0.4, 0.5) is 5.82 Å². The average molecular weight is 246 g/mol. The van der Waals surface area contributed by atoms with Crippen molar-refractivity contribution in [2.75, 3.05) is 25.0 Å². The summed E-state index contributed by atoms with van der Waals surface area (Å²) in [5, 5.41) is 15.5. The van der Waals surface area contributed by atoms with Crippen molar-refractivity contribution in [3.8, 4) is 0 Å². The maximum atomic E-state index is 4.36. The zero-order valence-electron chi connectivity index (χ0n) is 10.9. The molecule has 18 heavy (non-hydrogen) atoms. The smallest absolute Gasteiger partial charge is 0.148 e. The third-order valence-electron chi connectivity index (χ3n) is 4.10. The first-order valence-corrected chi connectivity index (χ1v) is 7.22. The molecule has 0 bridgehead atoms. The van der Waals surface area contributed by atoms with Crippen LogP contribution in [0.15, 0.2) is 6.07 Å². The van der Waals surface area contributed by atoms with Crippen molar-refractivity contribution >= 4 is 5.82 Å². The van der Waals surface area contributed by atoms with Gasteiger partial charge in [0.1, 0.15) is 5.82 Å². The Bertz CT molecular complexity index is 399. The zero-order chi connectivity index (χ0) is 12.2. The molecule has 2 aliphatic rings. The molecule has 0 unspecified atom stereocenters. The van der Waals surface area contributed by atoms with Gasteiger partial charge in [0.15, 0.2) is 0 Å². The van der Waals surface area contributed by atoms with Crippen LogP contribution >= 0.6 is 0 Å². The normalized spacial score (nSPS) is 20.4. The van der Waals surface area contributed by atoms with E-state index in [2.05, 4.69) is 26.9 Å². The highest BCUT2D eigenvalue weighted by Crippen LogP contribution is 2.21. The SMILES string of the molecule is c1c(NCC2CCNCC2)nnc2c1CCCC2. The van der Waals surface area contributed by atoms with Crippen LogP contribution in [-0.2, 0) is 12.8 Å². The van der Waals surface area contributed by atoms with E-state index < -0.39 is 0 Å². The molecule has 0 atom stereocenters. The largest absolute Gasteiger partial charge is 0.368 e. The van der Waals surface area contributed by atoms with Crippen molar-refractivity contribution in [2.45, 2.75) is 38.5 Å². The molecule has 2 heterocycles. The van der Waals surface area contributed by atoms with Gasteiger partial charge in [0, 0.05) is 6.54 Å². The molecule has 1 saturated heterocycles. The Labute approximate surface area is 109 Å². The molecule has 3 rings (SSSR count). The third kappa shape index (κ3) is 2.80. The molecule has 1 aliphatic carbocycles. The summed E-state index contributed by atoms with van der Waals surface area (Å²) in [6, 6.07) is 2.21. The van der Waals surface area contributed by atoms with E-state index in [0.29, 0.717) is 0 Å². The van der Waals surface area contributed by atoms with Crippen LogP contribution < -0.4 is 10.6 Å². The minimum atomic E-state index is 0.782. The van der Waals surface area contributed by atoms with Crippen molar-refractivity contribution in [3.63, 3.8) is 0 Å². The topological polar surface area (TPSA) is 49.8 Å². The predicted molar refractivity (Wildman–Crippen MR) is 72.8 cm³/mol. The number of nitrogens with one attached hydrogen (secondary N) is 2. The minimum Gasteiger partial charge on any atom is -0.368 e. The summed E-state index contributed by atoms with van der Waals surface area (Å²) >= 11 is 0. The summed E-state index contributed by atoms with van der Waals surface area (Å²) < 4.78 is 0. The molecule has 1 aliphatic heterocycles. The highest BCUT2D eigenvalue weighted by Gasteiger charge is 2.14. The summed E-state index contributed by atoms with van der Waals surface area (Å²) in [5.74, 6) is 1.75. The molecule has 1 fully saturated rings. The van der Waals surface area contributed by atoms with E-state index >= 15 is 0 Å². The predicted octanol–water partition coefficient (Wildman–Crippen LogP) is 1.77. The molecule has 98 valence electrons. The first-order valence-electron chi connectivity index (χ1n) is 7.22. The Morgan fingerprint density at radius 2 is 2.00 bits per heavy atom. The summed E-state index contributed by atoms with van der Waals surface area (Å²) in [7, 11) is 0. The molecule has 0 saturated carbocycles. The van der Waals surface area contributed by atoms with Gasteiger partial charge in [0.05, 0.1) is 5.69 Å². The van der Waals surface area contributed by atoms with Crippen molar-refractivity contribution in [2.24, 2.45) is 5.92 Å². The van der Waals surface area contributed by atoms with Gasteiger partial charge >= 0.3 is 0 Å². The maximum Gasteiger partial charge on any atom is 0.148 e. The van der Waals surface area contributed by atoms with Crippen LogP contribution in [0, 0.1) is 5.92 Å². The van der Waals surface area contributed by atoms with Gasteiger partial charge in [-0.2, -0.15) is 5.10 Å². The van der Waals surface area contributed by atoms with Crippen LogP contribution in [0.5, 0.6) is 0 Å². The molecule has 0 spiro atoms. The Balaban J connectivity index is 1.58. The summed E-state index contributed by atoms with van der Waals surface area (Å²) in [5.41, 5.74) is 2.62. The molecule has 0 radical (unpaired) electrons. The van der Waals surface area contributed by atoms with Gasteiger partial charge < -0.3 is 10.6 Å². The lowest BCUT2D eigenvalue weighted by Gasteiger charge is -2.23. The monoisotopic (exact) mass is 246 g/mol. The van der Waals surface area contributed by atoms with Crippen molar-refractivity contribution in [3.05, 3.63) is 17.3 Å². The third-order valence-corrected chi connectivity index (χ3v) is 4.10. The van der Waals surface area contributed by atoms with Gasteiger partial charge in [-0.15, -0.1) is 5.10 Å². The van der Waals surface area contributed by atoms with Crippen molar-refractivity contribution in [1.82, 2.24) is 15.5 Å². The quantitative estimate of drug-likeness (QED) is 0.853. The number of hydrogen-bond donors (Lipinski definition) is 2. The van der Waals surface area contributed by atoms with Crippen molar-refractivity contribution in [1.29, 1.82) is 0 Å². The van der Waals surface area contributed by atoms with E-state index in [9.17, 15) is 0 Å². The van der Waals surface area contributed by atoms with Gasteiger partial charge in [-0.05, 0) is 69.2 Å². The number of nitrogens with zero attached hydrogens (tertiary/aromatic N) is 2. The van der Waals surface area contributed by atoms with Gasteiger partial charge in [0.25, 0.3) is 0 Å². The zero-order valence-corrected chi connectivity index (χ0v) is 10.9. The Hall–Kier alpha value is -1.16. The van der Waals surface area contributed by atoms with E-state index in [1.54, 1.807) is 0 Å². The first kappa shape index (κ1) is 11.9. The lowest BCUT2D eigenvalue weighted by Crippen LogP contribution is -2.31. The molecular weight excluding hydrogens is 224 g/mol. The van der Waals surface area contributed by atoms with Crippen LogP contribution in [0.3, 0.4) is 0 Å². The summed E-state index contributed by atoms with van der Waals surface area (Å²) in [4.78, 5) is 0. The first-order chi connectivity index (χ1) is 8.92. The van der Waals surface area contributed by atoms with Gasteiger partial charge in [0.2, 0.25) is 0 Å². The van der Waals surface area contributed by atoms with Gasteiger partial charge in [-0.1, -0.05) is 0 Å². The second kappa shape index (κ2) is 5.65. The standard InChI is InChI=1S/C14H22N4/c1-2-4-13-12(3-1)9-14(18-17-13)16-10-11-5-7-15-8-6-11/h9,11,15H,1-8,10H2,(H,16,18). The molecule has 4 nitrogen and oxygen atoms in total. The Morgan fingerprint density at radius 3 is 2.89 bits per heavy atom. The molecule has 2 N–H and O–H groups in total. The van der Waals surface area contributed by atoms with Gasteiger partial charge in [-0.25, -0.2) is 0 Å². The molecule has 0 aromatic carbocycles. The van der Waals surface area contributed by atoms with Crippen LogP contribution in [0.1, 0.15) is 36.9 Å². The summed E-state index contributed by atoms with van der Waals surface area (Å²) in [6.07, 6.45) is 7.39. The molecule has 0 amide bonds. The van der Waals surface area contributed by atoms with Crippen LogP contribution in [-0.4, -0.2) is 29.8 Å². The van der Waals surface area contributed by atoms with E-state index in [0.717, 1.165) is 37.8 Å². The highest BCUT2D eigenvalue weighted by molar-refractivity contribution is 5.39. The number of aromatic nitrogens is 2. The molecule has 1 aromatic heterocycles. The van der Waals surface area contributed by atoms with Crippen LogP contribution in [0.25, 0.3) is 0 Å². The average Bonchev–Trinajstić information content (AvgIpc) is 2.46. The Morgan fingerprint density at radius 1 is 1.17 bits per heavy atom. The number of hydrogen-bond acceptors (Lipinski definition) is 4. The van der Waals surface area contributed by atoms with E-state index in [-0.39, 0.29) is 0 Å². The second-order valence-electron chi connectivity index (χ2n) is 5.48. The fourth-order valence-electron chi connectivity index (χ4n) is 2.91. The molecule has 1 aromatic rings. The fourth-order valence-corrected chi connectivity index (χ4v) is 2.91. The maximum absolute atomic E-state index is 4.36. The number of piperidine rings is 1. The van der Waals surface area contributed by atoms with Gasteiger partial charge in [-0.3, -0.25) is 0 Å². The molecular formula is C14H22N4. The lowest BCUT2D eigenvalue weighted by molar-refractivity contribution is 0.389. The highest BCUT2D eigenvalue weighted by atomic mass is 15.2. The van der Waals surface area contributed by atoms with E-state index in [4.69, 9.17) is 0 Å². The molecule has 4 heteroatoms. The second-order valence-corrected chi connectivity index (χ2v) is 5.48. The van der Waals surface area contributed by atoms with E-state index in [1.165, 1.54) is 43.4 Å². The summed E-state index contributed by atoms with van der Waals surface area (Å²) in [6.45, 7) is 3.35. The van der Waals surface area contributed by atoms with E-state index in [1.807, 2.05) is 0 Å². The Kier molecular flexibility index (Phi) is 3.74. The fraction of sp³-hybridized carbons (Fsp3) is 0.714.